The van der Waals surface area contributed by atoms with Crippen LogP contribution < -0.4 is 11.1 Å². The molecule has 0 amide bonds. The van der Waals surface area contributed by atoms with Crippen molar-refractivity contribution in [1.82, 2.24) is 9.97 Å². The van der Waals surface area contributed by atoms with Crippen LogP contribution in [-0.2, 0) is 0 Å². The van der Waals surface area contributed by atoms with Crippen molar-refractivity contribution >= 4 is 44.3 Å². The highest BCUT2D eigenvalue weighted by Gasteiger charge is 2.09. The van der Waals surface area contributed by atoms with Gasteiger partial charge in [-0.15, -0.1) is 0 Å². The standard InChI is InChI=1S/C14H10BrFN4/c15-8-5-6-10(16)12(7-8)18-13-9-3-1-2-4-11(9)19-14(17)20-13/h1-7H,(H3,17,18,19,20). The van der Waals surface area contributed by atoms with Gasteiger partial charge in [0, 0.05) is 9.86 Å². The van der Waals surface area contributed by atoms with Crippen molar-refractivity contribution in [3.63, 3.8) is 0 Å². The number of nitrogens with one attached hydrogen (secondary N) is 1. The van der Waals surface area contributed by atoms with Gasteiger partial charge in [-0.05, 0) is 30.3 Å². The van der Waals surface area contributed by atoms with Gasteiger partial charge < -0.3 is 11.1 Å². The Bertz CT molecular complexity index is 791. The molecule has 0 spiro atoms. The maximum absolute atomic E-state index is 13.8. The van der Waals surface area contributed by atoms with E-state index in [1.807, 2.05) is 24.3 Å². The summed E-state index contributed by atoms with van der Waals surface area (Å²) in [5, 5.41) is 3.74. The molecular formula is C14H10BrFN4. The number of benzene rings is 2. The highest BCUT2D eigenvalue weighted by Crippen LogP contribution is 2.27. The number of anilines is 3. The zero-order chi connectivity index (χ0) is 14.1. The van der Waals surface area contributed by atoms with Crippen molar-refractivity contribution < 1.29 is 4.39 Å². The normalized spacial score (nSPS) is 10.7. The number of hydrogen-bond donors (Lipinski definition) is 2. The first-order valence-corrected chi connectivity index (χ1v) is 6.67. The number of hydrogen-bond acceptors (Lipinski definition) is 4. The van der Waals surface area contributed by atoms with Crippen molar-refractivity contribution in [2.24, 2.45) is 0 Å². The van der Waals surface area contributed by atoms with Gasteiger partial charge in [0.15, 0.2) is 0 Å². The molecule has 0 fully saturated rings. The van der Waals surface area contributed by atoms with Crippen molar-refractivity contribution in [1.29, 1.82) is 0 Å². The molecule has 0 saturated heterocycles. The molecule has 0 aliphatic carbocycles. The predicted octanol–water partition coefficient (Wildman–Crippen LogP) is 3.86. The molecule has 0 unspecified atom stereocenters. The SMILES string of the molecule is Nc1nc(Nc2cc(Br)ccc2F)c2ccccc2n1. The molecule has 6 heteroatoms. The van der Waals surface area contributed by atoms with Crippen LogP contribution in [0.25, 0.3) is 10.9 Å². The Morgan fingerprint density at radius 3 is 2.75 bits per heavy atom. The highest BCUT2D eigenvalue weighted by molar-refractivity contribution is 9.10. The minimum absolute atomic E-state index is 0.140. The van der Waals surface area contributed by atoms with Gasteiger partial charge in [0.2, 0.25) is 5.95 Å². The molecular weight excluding hydrogens is 323 g/mol. The van der Waals surface area contributed by atoms with E-state index < -0.39 is 0 Å². The van der Waals surface area contributed by atoms with E-state index in [0.717, 1.165) is 9.86 Å². The van der Waals surface area contributed by atoms with Gasteiger partial charge in [-0.25, -0.2) is 9.37 Å². The molecule has 4 nitrogen and oxygen atoms in total. The number of nitrogens with zero attached hydrogens (tertiary/aromatic N) is 2. The molecule has 3 N–H and O–H groups in total. The van der Waals surface area contributed by atoms with Gasteiger partial charge in [-0.2, -0.15) is 4.98 Å². The quantitative estimate of drug-likeness (QED) is 0.748. The molecule has 20 heavy (non-hydrogen) atoms. The van der Waals surface area contributed by atoms with Crippen molar-refractivity contribution in [3.8, 4) is 0 Å². The maximum Gasteiger partial charge on any atom is 0.222 e. The molecule has 0 aliphatic heterocycles. The Kier molecular flexibility index (Phi) is 3.23. The fourth-order valence-electron chi connectivity index (χ4n) is 1.91. The largest absolute Gasteiger partial charge is 0.368 e. The summed E-state index contributed by atoms with van der Waals surface area (Å²) in [6.07, 6.45) is 0. The molecule has 3 aromatic rings. The number of aromatic nitrogens is 2. The van der Waals surface area contributed by atoms with Gasteiger partial charge in [0.25, 0.3) is 0 Å². The third kappa shape index (κ3) is 2.42. The molecule has 0 radical (unpaired) electrons. The van der Waals surface area contributed by atoms with Crippen LogP contribution in [-0.4, -0.2) is 9.97 Å². The minimum Gasteiger partial charge on any atom is -0.368 e. The highest BCUT2D eigenvalue weighted by atomic mass is 79.9. The van der Waals surface area contributed by atoms with E-state index >= 15 is 0 Å². The lowest BCUT2D eigenvalue weighted by molar-refractivity contribution is 0.631. The molecule has 3 rings (SSSR count). The number of fused-ring (bicyclic) bond motifs is 1. The van der Waals surface area contributed by atoms with Crippen LogP contribution in [0.4, 0.5) is 21.8 Å². The lowest BCUT2D eigenvalue weighted by Gasteiger charge is -2.10. The predicted molar refractivity (Wildman–Crippen MR) is 81.3 cm³/mol. The second-order valence-electron chi connectivity index (χ2n) is 4.20. The van der Waals surface area contributed by atoms with Crippen molar-refractivity contribution in [2.75, 3.05) is 11.1 Å². The van der Waals surface area contributed by atoms with Crippen LogP contribution in [0.1, 0.15) is 0 Å². The summed E-state index contributed by atoms with van der Waals surface area (Å²) < 4.78 is 14.6. The topological polar surface area (TPSA) is 63.8 Å². The summed E-state index contributed by atoms with van der Waals surface area (Å²) in [6, 6.07) is 12.1. The third-order valence-electron chi connectivity index (χ3n) is 2.80. The average Bonchev–Trinajstić information content (AvgIpc) is 2.43. The zero-order valence-corrected chi connectivity index (χ0v) is 11.9. The summed E-state index contributed by atoms with van der Waals surface area (Å²) >= 11 is 3.31. The lowest BCUT2D eigenvalue weighted by Crippen LogP contribution is -2.02. The number of nitrogens with two attached hydrogens (primary N) is 1. The smallest absolute Gasteiger partial charge is 0.222 e. The second-order valence-corrected chi connectivity index (χ2v) is 5.11. The van der Waals surface area contributed by atoms with Crippen molar-refractivity contribution in [3.05, 3.63) is 52.8 Å². The van der Waals surface area contributed by atoms with Gasteiger partial charge >= 0.3 is 0 Å². The molecule has 1 heterocycles. The average molecular weight is 333 g/mol. The number of rotatable bonds is 2. The summed E-state index contributed by atoms with van der Waals surface area (Å²) in [5.74, 6) is 0.251. The Morgan fingerprint density at radius 2 is 1.90 bits per heavy atom. The first-order chi connectivity index (χ1) is 9.63. The summed E-state index contributed by atoms with van der Waals surface area (Å²) in [7, 11) is 0. The number of para-hydroxylation sites is 1. The number of nitrogen functional groups attached to an aromatic ring is 1. The van der Waals surface area contributed by atoms with E-state index in [9.17, 15) is 4.39 Å². The van der Waals surface area contributed by atoms with E-state index in [4.69, 9.17) is 5.73 Å². The van der Waals surface area contributed by atoms with Crippen LogP contribution in [0.5, 0.6) is 0 Å². The molecule has 0 bridgehead atoms. The lowest BCUT2D eigenvalue weighted by atomic mass is 10.2. The van der Waals surface area contributed by atoms with Gasteiger partial charge in [0.1, 0.15) is 11.6 Å². The Hall–Kier alpha value is -2.21. The molecule has 2 aromatic carbocycles. The molecule has 0 aliphatic rings. The fraction of sp³-hybridized carbons (Fsp3) is 0. The Balaban J connectivity index is 2.13. The van der Waals surface area contributed by atoms with Crippen molar-refractivity contribution in [2.45, 2.75) is 0 Å². The molecule has 0 saturated carbocycles. The monoisotopic (exact) mass is 332 g/mol. The van der Waals surface area contributed by atoms with E-state index in [-0.39, 0.29) is 11.8 Å². The Morgan fingerprint density at radius 1 is 1.10 bits per heavy atom. The van der Waals surface area contributed by atoms with E-state index in [1.54, 1.807) is 12.1 Å². The van der Waals surface area contributed by atoms with Crippen LogP contribution in [0.2, 0.25) is 0 Å². The minimum atomic E-state index is -0.366. The van der Waals surface area contributed by atoms with E-state index in [2.05, 4.69) is 31.2 Å². The van der Waals surface area contributed by atoms with E-state index in [1.165, 1.54) is 6.07 Å². The fourth-order valence-corrected chi connectivity index (χ4v) is 2.27. The third-order valence-corrected chi connectivity index (χ3v) is 3.30. The Labute approximate surface area is 123 Å². The number of halogens is 2. The maximum atomic E-state index is 13.8. The van der Waals surface area contributed by atoms with Crippen LogP contribution in [0.15, 0.2) is 46.9 Å². The first kappa shape index (κ1) is 12.8. The van der Waals surface area contributed by atoms with E-state index in [0.29, 0.717) is 17.0 Å². The van der Waals surface area contributed by atoms with Gasteiger partial charge in [-0.1, -0.05) is 28.1 Å². The van der Waals surface area contributed by atoms with Crippen LogP contribution >= 0.6 is 15.9 Å². The molecule has 100 valence electrons. The zero-order valence-electron chi connectivity index (χ0n) is 10.3. The second kappa shape index (κ2) is 5.05. The molecule has 0 atom stereocenters. The summed E-state index contributed by atoms with van der Waals surface area (Å²) in [6.45, 7) is 0. The van der Waals surface area contributed by atoms with Crippen LogP contribution in [0, 0.1) is 5.82 Å². The summed E-state index contributed by atoms with van der Waals surface area (Å²) in [4.78, 5) is 8.28. The molecule has 1 aromatic heterocycles. The first-order valence-electron chi connectivity index (χ1n) is 5.88. The summed E-state index contributed by atoms with van der Waals surface area (Å²) in [5.41, 5.74) is 6.71. The van der Waals surface area contributed by atoms with Gasteiger partial charge in [0.05, 0.1) is 11.2 Å². The van der Waals surface area contributed by atoms with Gasteiger partial charge in [-0.3, -0.25) is 0 Å². The van der Waals surface area contributed by atoms with Crippen LogP contribution in [0.3, 0.4) is 0 Å².